The van der Waals surface area contributed by atoms with Crippen LogP contribution in [0, 0.1) is 5.82 Å². The van der Waals surface area contributed by atoms with E-state index in [1.165, 1.54) is 12.1 Å². The van der Waals surface area contributed by atoms with Crippen LogP contribution in [0.4, 0.5) is 10.2 Å². The topological polar surface area (TPSA) is 37.8 Å². The molecule has 6 heteroatoms. The van der Waals surface area contributed by atoms with Gasteiger partial charge in [0, 0.05) is 22.5 Å². The Hall–Kier alpha value is -2.50. The van der Waals surface area contributed by atoms with Gasteiger partial charge >= 0.3 is 0 Å². The van der Waals surface area contributed by atoms with Crippen molar-refractivity contribution in [2.75, 3.05) is 5.32 Å². The SMILES string of the molecule is Fc1ccc(-c2csc3ncnc(NCc4cccc(Cl)c4)c23)cc1. The van der Waals surface area contributed by atoms with Gasteiger partial charge in [-0.3, -0.25) is 0 Å². The van der Waals surface area contributed by atoms with E-state index in [0.717, 1.165) is 32.7 Å². The molecular weight excluding hydrogens is 357 g/mol. The van der Waals surface area contributed by atoms with Crippen LogP contribution in [0.1, 0.15) is 5.56 Å². The minimum absolute atomic E-state index is 0.251. The van der Waals surface area contributed by atoms with Crippen LogP contribution in [0.5, 0.6) is 0 Å². The minimum atomic E-state index is -0.251. The summed E-state index contributed by atoms with van der Waals surface area (Å²) in [5.41, 5.74) is 3.00. The van der Waals surface area contributed by atoms with Crippen LogP contribution in [0.2, 0.25) is 5.02 Å². The lowest BCUT2D eigenvalue weighted by Gasteiger charge is -2.09. The van der Waals surface area contributed by atoms with E-state index >= 15 is 0 Å². The fourth-order valence-electron chi connectivity index (χ4n) is 2.68. The molecule has 0 bridgehead atoms. The highest BCUT2D eigenvalue weighted by atomic mass is 35.5. The summed E-state index contributed by atoms with van der Waals surface area (Å²) in [6.07, 6.45) is 1.55. The molecule has 2 heterocycles. The fraction of sp³-hybridized carbons (Fsp3) is 0.0526. The first kappa shape index (κ1) is 16.0. The number of nitrogens with zero attached hydrogens (tertiary/aromatic N) is 2. The molecule has 0 saturated heterocycles. The van der Waals surface area contributed by atoms with E-state index in [2.05, 4.69) is 15.3 Å². The highest BCUT2D eigenvalue weighted by Gasteiger charge is 2.13. The van der Waals surface area contributed by atoms with Gasteiger partial charge in [-0.15, -0.1) is 11.3 Å². The van der Waals surface area contributed by atoms with Crippen molar-refractivity contribution in [2.24, 2.45) is 0 Å². The van der Waals surface area contributed by atoms with Crippen molar-refractivity contribution in [1.82, 2.24) is 9.97 Å². The number of thiophene rings is 1. The van der Waals surface area contributed by atoms with Gasteiger partial charge in [-0.05, 0) is 35.4 Å². The largest absolute Gasteiger partial charge is 0.365 e. The van der Waals surface area contributed by atoms with Gasteiger partial charge in [-0.2, -0.15) is 0 Å². The zero-order valence-electron chi connectivity index (χ0n) is 13.0. The van der Waals surface area contributed by atoms with E-state index in [0.29, 0.717) is 11.6 Å². The number of anilines is 1. The monoisotopic (exact) mass is 369 g/mol. The smallest absolute Gasteiger partial charge is 0.139 e. The number of aromatic nitrogens is 2. The predicted octanol–water partition coefficient (Wildman–Crippen LogP) is 5.76. The third-order valence-electron chi connectivity index (χ3n) is 3.87. The van der Waals surface area contributed by atoms with Gasteiger partial charge in [0.15, 0.2) is 0 Å². The Kier molecular flexibility index (Phi) is 4.34. The zero-order valence-corrected chi connectivity index (χ0v) is 14.6. The van der Waals surface area contributed by atoms with Crippen molar-refractivity contribution >= 4 is 39.0 Å². The van der Waals surface area contributed by atoms with Crippen LogP contribution in [-0.4, -0.2) is 9.97 Å². The summed E-state index contributed by atoms with van der Waals surface area (Å²) < 4.78 is 13.2. The van der Waals surface area contributed by atoms with E-state index < -0.39 is 0 Å². The second-order valence-corrected chi connectivity index (χ2v) is 6.84. The molecule has 0 saturated carbocycles. The quantitative estimate of drug-likeness (QED) is 0.496. The number of halogens is 2. The maximum atomic E-state index is 13.2. The molecule has 124 valence electrons. The second-order valence-electron chi connectivity index (χ2n) is 5.54. The first-order chi connectivity index (χ1) is 12.2. The van der Waals surface area contributed by atoms with Crippen LogP contribution in [0.25, 0.3) is 21.3 Å². The molecule has 4 aromatic rings. The number of rotatable bonds is 4. The average Bonchev–Trinajstić information content (AvgIpc) is 3.05. The molecule has 0 spiro atoms. The summed E-state index contributed by atoms with van der Waals surface area (Å²) in [4.78, 5) is 9.64. The lowest BCUT2D eigenvalue weighted by Crippen LogP contribution is -2.02. The van der Waals surface area contributed by atoms with Crippen LogP contribution in [-0.2, 0) is 6.54 Å². The van der Waals surface area contributed by atoms with E-state index in [1.54, 1.807) is 29.8 Å². The maximum absolute atomic E-state index is 13.2. The molecule has 0 fully saturated rings. The first-order valence-electron chi connectivity index (χ1n) is 7.67. The van der Waals surface area contributed by atoms with E-state index in [9.17, 15) is 4.39 Å². The molecule has 4 rings (SSSR count). The Morgan fingerprint density at radius 3 is 2.72 bits per heavy atom. The van der Waals surface area contributed by atoms with E-state index in [1.807, 2.05) is 29.6 Å². The highest BCUT2D eigenvalue weighted by Crippen LogP contribution is 2.36. The predicted molar refractivity (Wildman–Crippen MR) is 102 cm³/mol. The molecule has 0 aliphatic heterocycles. The van der Waals surface area contributed by atoms with Crippen molar-refractivity contribution in [1.29, 1.82) is 0 Å². The van der Waals surface area contributed by atoms with E-state index in [4.69, 9.17) is 11.6 Å². The molecular formula is C19H13ClFN3S. The molecule has 1 N–H and O–H groups in total. The van der Waals surface area contributed by atoms with Crippen molar-refractivity contribution < 1.29 is 4.39 Å². The van der Waals surface area contributed by atoms with Gasteiger partial charge in [-0.25, -0.2) is 14.4 Å². The maximum Gasteiger partial charge on any atom is 0.139 e. The van der Waals surface area contributed by atoms with Crippen LogP contribution >= 0.6 is 22.9 Å². The summed E-state index contributed by atoms with van der Waals surface area (Å²) in [7, 11) is 0. The lowest BCUT2D eigenvalue weighted by atomic mass is 10.1. The van der Waals surface area contributed by atoms with Gasteiger partial charge in [0.2, 0.25) is 0 Å². The molecule has 0 aliphatic carbocycles. The van der Waals surface area contributed by atoms with Crippen LogP contribution < -0.4 is 5.32 Å². The normalized spacial score (nSPS) is 11.0. The first-order valence-corrected chi connectivity index (χ1v) is 8.93. The summed E-state index contributed by atoms with van der Waals surface area (Å²) in [6, 6.07) is 14.1. The van der Waals surface area contributed by atoms with Gasteiger partial charge in [0.1, 0.15) is 22.8 Å². The number of nitrogens with one attached hydrogen (secondary N) is 1. The van der Waals surface area contributed by atoms with Gasteiger partial charge in [0.25, 0.3) is 0 Å². The molecule has 0 aliphatic rings. The fourth-order valence-corrected chi connectivity index (χ4v) is 3.81. The van der Waals surface area contributed by atoms with Gasteiger partial charge < -0.3 is 5.32 Å². The highest BCUT2D eigenvalue weighted by molar-refractivity contribution is 7.17. The third kappa shape index (κ3) is 3.34. The zero-order chi connectivity index (χ0) is 17.2. The summed E-state index contributed by atoms with van der Waals surface area (Å²) in [5.74, 6) is 0.504. The Morgan fingerprint density at radius 2 is 1.92 bits per heavy atom. The van der Waals surface area contributed by atoms with Crippen molar-refractivity contribution in [2.45, 2.75) is 6.54 Å². The Balaban J connectivity index is 1.71. The summed E-state index contributed by atoms with van der Waals surface area (Å²) in [6.45, 7) is 0.603. The summed E-state index contributed by atoms with van der Waals surface area (Å²) in [5, 5.41) is 7.04. The van der Waals surface area contributed by atoms with Crippen LogP contribution in [0.3, 0.4) is 0 Å². The van der Waals surface area contributed by atoms with Crippen molar-refractivity contribution in [3.8, 4) is 11.1 Å². The van der Waals surface area contributed by atoms with Gasteiger partial charge in [0.05, 0.1) is 5.39 Å². The number of hydrogen-bond acceptors (Lipinski definition) is 4. The Morgan fingerprint density at radius 1 is 1.08 bits per heavy atom. The van der Waals surface area contributed by atoms with Crippen molar-refractivity contribution in [3.05, 3.63) is 76.6 Å². The lowest BCUT2D eigenvalue weighted by molar-refractivity contribution is 0.628. The standard InChI is InChI=1S/C19H13ClFN3S/c20-14-3-1-2-12(8-14)9-22-18-17-16(10-25-19(17)24-11-23-18)13-4-6-15(21)7-5-13/h1-8,10-11H,9H2,(H,22,23,24). The molecule has 25 heavy (non-hydrogen) atoms. The molecule has 2 aromatic heterocycles. The van der Waals surface area contributed by atoms with Crippen molar-refractivity contribution in [3.63, 3.8) is 0 Å². The Bertz CT molecular complexity index is 1030. The number of fused-ring (bicyclic) bond motifs is 1. The molecule has 0 unspecified atom stereocenters. The average molecular weight is 370 g/mol. The molecule has 2 aromatic carbocycles. The Labute approximate surface area is 153 Å². The molecule has 0 radical (unpaired) electrons. The molecule has 0 atom stereocenters. The number of benzene rings is 2. The second kappa shape index (κ2) is 6.78. The van der Waals surface area contributed by atoms with Gasteiger partial charge in [-0.1, -0.05) is 35.9 Å². The summed E-state index contributed by atoms with van der Waals surface area (Å²) >= 11 is 7.59. The number of hydrogen-bond donors (Lipinski definition) is 1. The molecule has 0 amide bonds. The third-order valence-corrected chi connectivity index (χ3v) is 5.00. The van der Waals surface area contributed by atoms with E-state index in [-0.39, 0.29) is 5.82 Å². The molecule has 3 nitrogen and oxygen atoms in total. The minimum Gasteiger partial charge on any atom is -0.365 e. The van der Waals surface area contributed by atoms with Crippen LogP contribution in [0.15, 0.2) is 60.2 Å².